The second-order valence-corrected chi connectivity index (χ2v) is 4.61. The molecule has 0 saturated carbocycles. The highest BCUT2D eigenvalue weighted by Crippen LogP contribution is 2.28. The van der Waals surface area contributed by atoms with Gasteiger partial charge in [-0.1, -0.05) is 18.5 Å². The number of pyridine rings is 1. The van der Waals surface area contributed by atoms with Crippen molar-refractivity contribution < 1.29 is 5.11 Å². The van der Waals surface area contributed by atoms with Crippen molar-refractivity contribution in [3.05, 3.63) is 23.0 Å². The fourth-order valence-corrected chi connectivity index (χ4v) is 2.24. The fraction of sp³-hybridized carbons (Fsp3) is 0.583. The topological polar surface area (TPSA) is 36.4 Å². The van der Waals surface area contributed by atoms with Gasteiger partial charge >= 0.3 is 0 Å². The van der Waals surface area contributed by atoms with Gasteiger partial charge in [0.2, 0.25) is 0 Å². The van der Waals surface area contributed by atoms with Gasteiger partial charge in [-0.15, -0.1) is 0 Å². The van der Waals surface area contributed by atoms with Crippen molar-refractivity contribution in [2.75, 3.05) is 18.0 Å². The summed E-state index contributed by atoms with van der Waals surface area (Å²) in [5.41, 5.74) is 2.12. The van der Waals surface area contributed by atoms with E-state index in [0.29, 0.717) is 5.02 Å². The van der Waals surface area contributed by atoms with Crippen LogP contribution in [0.5, 0.6) is 0 Å². The van der Waals surface area contributed by atoms with E-state index in [9.17, 15) is 5.11 Å². The SMILES string of the molecule is CCc1cc(N2CCC(O)CC2)c(Cl)cn1. The summed E-state index contributed by atoms with van der Waals surface area (Å²) >= 11 is 6.16. The van der Waals surface area contributed by atoms with Gasteiger partial charge in [-0.25, -0.2) is 0 Å². The third kappa shape index (κ3) is 2.47. The lowest BCUT2D eigenvalue weighted by Gasteiger charge is -2.32. The summed E-state index contributed by atoms with van der Waals surface area (Å²) < 4.78 is 0. The Hall–Kier alpha value is -0.800. The first-order chi connectivity index (χ1) is 7.70. The van der Waals surface area contributed by atoms with Crippen LogP contribution >= 0.6 is 11.6 Å². The molecule has 0 amide bonds. The third-order valence-electron chi connectivity index (χ3n) is 3.06. The third-order valence-corrected chi connectivity index (χ3v) is 3.35. The largest absolute Gasteiger partial charge is 0.393 e. The molecule has 2 heterocycles. The molecule has 1 saturated heterocycles. The number of aliphatic hydroxyl groups excluding tert-OH is 1. The van der Waals surface area contributed by atoms with Crippen molar-refractivity contribution in [3.8, 4) is 0 Å². The Balaban J connectivity index is 2.19. The van der Waals surface area contributed by atoms with Gasteiger partial charge in [0.25, 0.3) is 0 Å². The highest BCUT2D eigenvalue weighted by atomic mass is 35.5. The molecule has 0 aromatic carbocycles. The molecule has 1 N–H and O–H groups in total. The quantitative estimate of drug-likeness (QED) is 0.862. The monoisotopic (exact) mass is 240 g/mol. The first kappa shape index (κ1) is 11.7. The molecular weight excluding hydrogens is 224 g/mol. The average molecular weight is 241 g/mol. The number of anilines is 1. The zero-order valence-corrected chi connectivity index (χ0v) is 10.2. The molecule has 0 spiro atoms. The minimum Gasteiger partial charge on any atom is -0.393 e. The summed E-state index contributed by atoms with van der Waals surface area (Å²) in [6.45, 7) is 3.82. The second-order valence-electron chi connectivity index (χ2n) is 4.20. The lowest BCUT2D eigenvalue weighted by atomic mass is 10.1. The molecule has 88 valence electrons. The Morgan fingerprint density at radius 3 is 2.81 bits per heavy atom. The maximum Gasteiger partial charge on any atom is 0.0822 e. The summed E-state index contributed by atoms with van der Waals surface area (Å²) in [4.78, 5) is 6.49. The number of aliphatic hydroxyl groups is 1. The summed E-state index contributed by atoms with van der Waals surface area (Å²) in [6, 6.07) is 2.06. The first-order valence-electron chi connectivity index (χ1n) is 5.78. The standard InChI is InChI=1S/C12H17ClN2O/c1-2-9-7-12(11(13)8-14-9)15-5-3-10(16)4-6-15/h7-8,10,16H,2-6H2,1H3. The molecule has 0 bridgehead atoms. The molecule has 0 radical (unpaired) electrons. The molecule has 3 nitrogen and oxygen atoms in total. The highest BCUT2D eigenvalue weighted by Gasteiger charge is 2.19. The average Bonchev–Trinajstić information content (AvgIpc) is 2.31. The van der Waals surface area contributed by atoms with Crippen molar-refractivity contribution in [1.82, 2.24) is 4.98 Å². The highest BCUT2D eigenvalue weighted by molar-refractivity contribution is 6.33. The van der Waals surface area contributed by atoms with Crippen LogP contribution < -0.4 is 4.90 Å². The smallest absolute Gasteiger partial charge is 0.0822 e. The van der Waals surface area contributed by atoms with Gasteiger partial charge in [0, 0.05) is 25.0 Å². The van der Waals surface area contributed by atoms with Gasteiger partial charge in [0.05, 0.1) is 16.8 Å². The Bertz CT molecular complexity index is 362. The molecule has 0 unspecified atom stereocenters. The molecule has 0 atom stereocenters. The lowest BCUT2D eigenvalue weighted by molar-refractivity contribution is 0.145. The van der Waals surface area contributed by atoms with Crippen LogP contribution in [0.25, 0.3) is 0 Å². The van der Waals surface area contributed by atoms with Crippen LogP contribution in [0.3, 0.4) is 0 Å². The van der Waals surface area contributed by atoms with Crippen LogP contribution in [-0.4, -0.2) is 29.3 Å². The summed E-state index contributed by atoms with van der Waals surface area (Å²) in [5, 5.41) is 10.2. The normalized spacial score (nSPS) is 17.8. The summed E-state index contributed by atoms with van der Waals surface area (Å²) in [6.07, 6.45) is 4.13. The molecule has 2 rings (SSSR count). The van der Waals surface area contributed by atoms with Crippen molar-refractivity contribution in [2.24, 2.45) is 0 Å². The van der Waals surface area contributed by atoms with Gasteiger partial charge in [-0.2, -0.15) is 0 Å². The molecule has 1 fully saturated rings. The number of piperidine rings is 1. The van der Waals surface area contributed by atoms with E-state index in [1.54, 1.807) is 6.20 Å². The van der Waals surface area contributed by atoms with E-state index < -0.39 is 0 Å². The predicted octanol–water partition coefficient (Wildman–Crippen LogP) is 2.26. The Kier molecular flexibility index (Phi) is 3.66. The van der Waals surface area contributed by atoms with E-state index in [1.807, 2.05) is 0 Å². The van der Waals surface area contributed by atoms with Crippen LogP contribution in [0.15, 0.2) is 12.3 Å². The van der Waals surface area contributed by atoms with Crippen LogP contribution in [-0.2, 0) is 6.42 Å². The Labute approximate surface area is 101 Å². The first-order valence-corrected chi connectivity index (χ1v) is 6.16. The molecule has 1 aliphatic rings. The van der Waals surface area contributed by atoms with E-state index >= 15 is 0 Å². The van der Waals surface area contributed by atoms with Crippen LogP contribution in [0.2, 0.25) is 5.02 Å². The lowest BCUT2D eigenvalue weighted by Crippen LogP contribution is -2.36. The number of hydrogen-bond donors (Lipinski definition) is 1. The summed E-state index contributed by atoms with van der Waals surface area (Å²) in [7, 11) is 0. The second kappa shape index (κ2) is 5.02. The minimum atomic E-state index is -0.150. The summed E-state index contributed by atoms with van der Waals surface area (Å²) in [5.74, 6) is 0. The van der Waals surface area contributed by atoms with Crippen molar-refractivity contribution in [2.45, 2.75) is 32.3 Å². The number of aromatic nitrogens is 1. The molecule has 1 aliphatic heterocycles. The predicted molar refractivity (Wildman–Crippen MR) is 66.1 cm³/mol. The van der Waals surface area contributed by atoms with Gasteiger partial charge in [-0.3, -0.25) is 4.98 Å². The molecule has 0 aliphatic carbocycles. The van der Waals surface area contributed by atoms with E-state index in [1.165, 1.54) is 0 Å². The van der Waals surface area contributed by atoms with E-state index in [2.05, 4.69) is 22.9 Å². The van der Waals surface area contributed by atoms with Crippen LogP contribution in [0.4, 0.5) is 5.69 Å². The Morgan fingerprint density at radius 2 is 2.19 bits per heavy atom. The van der Waals surface area contributed by atoms with E-state index in [-0.39, 0.29) is 6.10 Å². The zero-order chi connectivity index (χ0) is 11.5. The molecule has 1 aromatic heterocycles. The molecule has 4 heteroatoms. The van der Waals surface area contributed by atoms with Crippen molar-refractivity contribution in [3.63, 3.8) is 0 Å². The van der Waals surface area contributed by atoms with Crippen LogP contribution in [0, 0.1) is 0 Å². The molecular formula is C12H17ClN2O. The Morgan fingerprint density at radius 1 is 1.50 bits per heavy atom. The van der Waals surface area contributed by atoms with Crippen molar-refractivity contribution >= 4 is 17.3 Å². The van der Waals surface area contributed by atoms with Gasteiger partial charge in [0.15, 0.2) is 0 Å². The van der Waals surface area contributed by atoms with Gasteiger partial charge < -0.3 is 10.0 Å². The van der Waals surface area contributed by atoms with Gasteiger partial charge in [0.1, 0.15) is 0 Å². The number of hydrogen-bond acceptors (Lipinski definition) is 3. The molecule has 16 heavy (non-hydrogen) atoms. The van der Waals surface area contributed by atoms with Gasteiger partial charge in [-0.05, 0) is 25.3 Å². The maximum absolute atomic E-state index is 9.47. The molecule has 1 aromatic rings. The van der Waals surface area contributed by atoms with E-state index in [0.717, 1.165) is 43.7 Å². The number of rotatable bonds is 2. The fourth-order valence-electron chi connectivity index (χ4n) is 2.01. The number of aryl methyl sites for hydroxylation is 1. The maximum atomic E-state index is 9.47. The minimum absolute atomic E-state index is 0.150. The van der Waals surface area contributed by atoms with E-state index in [4.69, 9.17) is 11.6 Å². The number of halogens is 1. The van der Waals surface area contributed by atoms with Crippen LogP contribution in [0.1, 0.15) is 25.5 Å². The zero-order valence-electron chi connectivity index (χ0n) is 9.49. The number of nitrogens with zero attached hydrogens (tertiary/aromatic N) is 2. The van der Waals surface area contributed by atoms with Crippen molar-refractivity contribution in [1.29, 1.82) is 0 Å².